The summed E-state index contributed by atoms with van der Waals surface area (Å²) in [6.45, 7) is 0. The van der Waals surface area contributed by atoms with E-state index in [0.717, 1.165) is 11.1 Å². The van der Waals surface area contributed by atoms with Crippen molar-refractivity contribution in [2.24, 2.45) is 0 Å². The van der Waals surface area contributed by atoms with E-state index in [1.165, 1.54) is 0 Å². The van der Waals surface area contributed by atoms with E-state index in [9.17, 15) is 19.5 Å². The second-order valence-corrected chi connectivity index (χ2v) is 6.05. The first-order valence-corrected chi connectivity index (χ1v) is 8.82. The predicted molar refractivity (Wildman–Crippen MR) is 109 cm³/mol. The molecule has 0 radical (unpaired) electrons. The summed E-state index contributed by atoms with van der Waals surface area (Å²) in [5, 5.41) is 10.3. The van der Waals surface area contributed by atoms with Crippen molar-refractivity contribution in [1.82, 2.24) is 10.4 Å². The molecule has 2 N–H and O–H groups in total. The van der Waals surface area contributed by atoms with Gasteiger partial charge in [0.15, 0.2) is 0 Å². The van der Waals surface area contributed by atoms with Crippen molar-refractivity contribution in [3.8, 4) is 0 Å². The number of nitrogens with one attached hydrogen (secondary N) is 1. The van der Waals surface area contributed by atoms with E-state index in [1.807, 2.05) is 0 Å². The number of carboxylic acid groups (broad SMARTS) is 1. The first kappa shape index (κ1) is 19.6. The van der Waals surface area contributed by atoms with E-state index in [0.29, 0.717) is 16.7 Å². The van der Waals surface area contributed by atoms with Gasteiger partial charge in [-0.2, -0.15) is 0 Å². The smallest absolute Gasteiger partial charge is 0.330 e. The number of benzene rings is 3. The third kappa shape index (κ3) is 4.95. The molecule has 0 spiro atoms. The number of hydrogen-bond acceptors (Lipinski definition) is 3. The van der Waals surface area contributed by atoms with Gasteiger partial charge in [0, 0.05) is 22.8 Å². The highest BCUT2D eigenvalue weighted by Crippen LogP contribution is 2.20. The van der Waals surface area contributed by atoms with Crippen LogP contribution in [0.15, 0.2) is 97.1 Å². The first-order valence-electron chi connectivity index (χ1n) is 8.82. The maximum Gasteiger partial charge on any atom is 0.330 e. The van der Waals surface area contributed by atoms with Gasteiger partial charge in [-0.3, -0.25) is 15.0 Å². The summed E-state index contributed by atoms with van der Waals surface area (Å²) in [4.78, 5) is 37.4. The molecule has 0 fully saturated rings. The Balaban J connectivity index is 2.06. The number of carbonyl (C=O) groups excluding carboxylic acids is 2. The molecule has 0 atom stereocenters. The van der Waals surface area contributed by atoms with E-state index >= 15 is 0 Å². The van der Waals surface area contributed by atoms with Crippen LogP contribution in [0, 0.1) is 0 Å². The van der Waals surface area contributed by atoms with Crippen LogP contribution in [0.5, 0.6) is 0 Å². The molecule has 29 heavy (non-hydrogen) atoms. The number of hydrogen-bond donors (Lipinski definition) is 2. The minimum absolute atomic E-state index is 0.0382. The van der Waals surface area contributed by atoms with Crippen LogP contribution in [-0.4, -0.2) is 27.9 Å². The second-order valence-electron chi connectivity index (χ2n) is 6.05. The summed E-state index contributed by atoms with van der Waals surface area (Å²) in [5.74, 6) is -2.35. The Kier molecular flexibility index (Phi) is 6.17. The molecular weight excluding hydrogens is 368 g/mol. The Bertz CT molecular complexity index is 1030. The molecule has 3 aromatic rings. The molecule has 0 heterocycles. The Morgan fingerprint density at radius 2 is 1.14 bits per heavy atom. The molecule has 0 aliphatic carbocycles. The zero-order valence-corrected chi connectivity index (χ0v) is 15.4. The van der Waals surface area contributed by atoms with E-state index in [4.69, 9.17) is 0 Å². The average molecular weight is 386 g/mol. The Hall–Kier alpha value is -4.19. The van der Waals surface area contributed by atoms with Gasteiger partial charge in [0.25, 0.3) is 11.8 Å². The van der Waals surface area contributed by atoms with Gasteiger partial charge in [-0.1, -0.05) is 66.7 Å². The molecule has 6 nitrogen and oxygen atoms in total. The van der Waals surface area contributed by atoms with E-state index in [1.54, 1.807) is 91.0 Å². The molecule has 0 unspecified atom stereocenters. The maximum atomic E-state index is 13.2. The Labute approximate surface area is 167 Å². The van der Waals surface area contributed by atoms with Crippen LogP contribution in [0.25, 0.3) is 5.70 Å². The quantitative estimate of drug-likeness (QED) is 0.518. The van der Waals surface area contributed by atoms with Crippen molar-refractivity contribution >= 4 is 23.5 Å². The average Bonchev–Trinajstić information content (AvgIpc) is 2.77. The highest BCUT2D eigenvalue weighted by Gasteiger charge is 2.24. The van der Waals surface area contributed by atoms with Crippen LogP contribution in [0.1, 0.15) is 26.3 Å². The minimum Gasteiger partial charge on any atom is -0.478 e. The molecule has 0 saturated carbocycles. The summed E-state index contributed by atoms with van der Waals surface area (Å²) in [6.07, 6.45) is 0.890. The molecule has 6 heteroatoms. The largest absolute Gasteiger partial charge is 0.478 e. The maximum absolute atomic E-state index is 13.2. The van der Waals surface area contributed by atoms with Gasteiger partial charge in [-0.15, -0.1) is 0 Å². The van der Waals surface area contributed by atoms with Gasteiger partial charge < -0.3 is 5.11 Å². The van der Waals surface area contributed by atoms with Crippen LogP contribution in [0.2, 0.25) is 0 Å². The van der Waals surface area contributed by atoms with Crippen molar-refractivity contribution in [2.45, 2.75) is 0 Å². The zero-order chi connectivity index (χ0) is 20.6. The monoisotopic (exact) mass is 386 g/mol. The molecule has 3 rings (SSSR count). The lowest BCUT2D eigenvalue weighted by atomic mass is 10.1. The fraction of sp³-hybridized carbons (Fsp3) is 0. The highest BCUT2D eigenvalue weighted by molar-refractivity contribution is 6.05. The normalized spacial score (nSPS) is 10.8. The van der Waals surface area contributed by atoms with Gasteiger partial charge in [-0.25, -0.2) is 9.80 Å². The molecular formula is C23H18N2O4. The number of nitrogens with zero attached hydrogens (tertiary/aromatic N) is 1. The summed E-state index contributed by atoms with van der Waals surface area (Å²) >= 11 is 0. The summed E-state index contributed by atoms with van der Waals surface area (Å²) in [5.41, 5.74) is 3.69. The SMILES string of the molecule is O=C(O)/C=C(/c1ccccc1)N(NC(=O)c1ccccc1)C(=O)c1ccccc1. The fourth-order valence-corrected chi connectivity index (χ4v) is 2.69. The third-order valence-electron chi connectivity index (χ3n) is 4.04. The van der Waals surface area contributed by atoms with Crippen molar-refractivity contribution in [3.63, 3.8) is 0 Å². The predicted octanol–water partition coefficient (Wildman–Crippen LogP) is 3.60. The number of hydrazine groups is 1. The van der Waals surface area contributed by atoms with Crippen molar-refractivity contribution in [1.29, 1.82) is 0 Å². The van der Waals surface area contributed by atoms with Crippen molar-refractivity contribution in [2.75, 3.05) is 0 Å². The van der Waals surface area contributed by atoms with E-state index < -0.39 is 17.8 Å². The van der Waals surface area contributed by atoms with Gasteiger partial charge in [0.1, 0.15) is 0 Å². The molecule has 0 saturated heterocycles. The molecule has 144 valence electrons. The Morgan fingerprint density at radius 3 is 1.62 bits per heavy atom. The van der Waals surface area contributed by atoms with Gasteiger partial charge >= 0.3 is 5.97 Å². The van der Waals surface area contributed by atoms with E-state index in [2.05, 4.69) is 5.43 Å². The third-order valence-corrected chi connectivity index (χ3v) is 4.04. The lowest BCUT2D eigenvalue weighted by molar-refractivity contribution is -0.131. The van der Waals surface area contributed by atoms with Crippen LogP contribution in [0.4, 0.5) is 0 Å². The number of amides is 2. The van der Waals surface area contributed by atoms with Crippen molar-refractivity contribution in [3.05, 3.63) is 114 Å². The van der Waals surface area contributed by atoms with Crippen LogP contribution in [0.3, 0.4) is 0 Å². The standard InChI is InChI=1S/C23H18N2O4/c26-21(27)16-20(17-10-4-1-5-11-17)25(23(29)19-14-8-3-9-15-19)24-22(28)18-12-6-2-7-13-18/h1-16H,(H,24,28)(H,26,27)/b20-16-. The first-order chi connectivity index (χ1) is 14.1. The molecule has 0 aliphatic heterocycles. The van der Waals surface area contributed by atoms with Crippen LogP contribution >= 0.6 is 0 Å². The number of carboxylic acids is 1. The summed E-state index contributed by atoms with van der Waals surface area (Å²) < 4.78 is 0. The zero-order valence-electron chi connectivity index (χ0n) is 15.4. The molecule has 2 amide bonds. The lowest BCUT2D eigenvalue weighted by Crippen LogP contribution is -2.45. The van der Waals surface area contributed by atoms with Gasteiger partial charge in [0.2, 0.25) is 0 Å². The van der Waals surface area contributed by atoms with Gasteiger partial charge in [0.05, 0.1) is 5.70 Å². The van der Waals surface area contributed by atoms with Crippen LogP contribution < -0.4 is 5.43 Å². The molecule has 0 bridgehead atoms. The topological polar surface area (TPSA) is 86.7 Å². The highest BCUT2D eigenvalue weighted by atomic mass is 16.4. The second kappa shape index (κ2) is 9.14. The number of rotatable bonds is 5. The Morgan fingerprint density at radius 1 is 0.690 bits per heavy atom. The minimum atomic E-state index is -1.25. The molecule has 0 aromatic heterocycles. The lowest BCUT2D eigenvalue weighted by Gasteiger charge is -2.26. The van der Waals surface area contributed by atoms with Gasteiger partial charge in [-0.05, 0) is 24.3 Å². The summed E-state index contributed by atoms with van der Waals surface area (Å²) in [7, 11) is 0. The molecule has 3 aromatic carbocycles. The number of carbonyl (C=O) groups is 3. The summed E-state index contributed by atoms with van der Waals surface area (Å²) in [6, 6.07) is 25.2. The van der Waals surface area contributed by atoms with Crippen molar-refractivity contribution < 1.29 is 19.5 Å². The van der Waals surface area contributed by atoms with Crippen LogP contribution in [-0.2, 0) is 4.79 Å². The van der Waals surface area contributed by atoms with E-state index in [-0.39, 0.29) is 5.70 Å². The fourth-order valence-electron chi connectivity index (χ4n) is 2.69. The number of aliphatic carboxylic acids is 1. The molecule has 0 aliphatic rings.